The van der Waals surface area contributed by atoms with E-state index in [0.29, 0.717) is 10.9 Å². The molecular weight excluding hydrogens is 395 g/mol. The van der Waals surface area contributed by atoms with Crippen LogP contribution in [0.2, 0.25) is 0 Å². The maximum Gasteiger partial charge on any atom is 0.326 e. The predicted molar refractivity (Wildman–Crippen MR) is 92.1 cm³/mol. The van der Waals surface area contributed by atoms with Crippen LogP contribution < -0.4 is 5.32 Å². The minimum atomic E-state index is -0.995. The third kappa shape index (κ3) is 4.56. The number of hydrogen-bond donors (Lipinski definition) is 1. The average Bonchev–Trinajstić information content (AvgIpc) is 2.76. The molecule has 25 heavy (non-hydrogen) atoms. The second-order valence-corrected chi connectivity index (χ2v) is 7.07. The second-order valence-electron chi connectivity index (χ2n) is 6.15. The number of urea groups is 1. The second kappa shape index (κ2) is 7.95. The summed E-state index contributed by atoms with van der Waals surface area (Å²) in [5, 5.41) is 2.62. The zero-order chi connectivity index (χ0) is 18.6. The molecular formula is C17H20BrFN2O4. The molecule has 8 heteroatoms. The number of hydrogen-bond acceptors (Lipinski definition) is 4. The predicted octanol–water partition coefficient (Wildman–Crippen LogP) is 3.13. The van der Waals surface area contributed by atoms with Gasteiger partial charge in [0.25, 0.3) is 5.91 Å². The normalized spacial score (nSPS) is 19.9. The van der Waals surface area contributed by atoms with Crippen LogP contribution in [0, 0.1) is 5.82 Å². The topological polar surface area (TPSA) is 75.7 Å². The van der Waals surface area contributed by atoms with Crippen LogP contribution in [0.15, 0.2) is 22.7 Å². The van der Waals surface area contributed by atoms with Gasteiger partial charge in [0.1, 0.15) is 24.5 Å². The van der Waals surface area contributed by atoms with E-state index in [1.807, 2.05) is 6.92 Å². The first-order valence-corrected chi connectivity index (χ1v) is 8.80. The quantitative estimate of drug-likeness (QED) is 0.549. The number of unbranched alkanes of at least 4 members (excludes halogenated alkanes) is 1. The summed E-state index contributed by atoms with van der Waals surface area (Å²) >= 11 is 3.14. The molecule has 1 aromatic rings. The zero-order valence-corrected chi connectivity index (χ0v) is 15.7. The molecule has 6 nitrogen and oxygen atoms in total. The number of rotatable bonds is 7. The Kier molecular flexibility index (Phi) is 6.16. The van der Waals surface area contributed by atoms with Crippen molar-refractivity contribution in [3.05, 3.63) is 34.1 Å². The van der Waals surface area contributed by atoms with E-state index in [1.54, 1.807) is 13.0 Å². The van der Waals surface area contributed by atoms with E-state index >= 15 is 0 Å². The number of carbonyl (C=O) groups is 3. The SMILES string of the molecule is CCCC[C@@]1(C)NC(=O)N(CC(=O)OCc2ccc(Br)cc2F)C1=O. The molecule has 1 fully saturated rings. The molecule has 1 atom stereocenters. The van der Waals surface area contributed by atoms with E-state index in [1.165, 1.54) is 12.1 Å². The lowest BCUT2D eigenvalue weighted by Gasteiger charge is -2.21. The van der Waals surface area contributed by atoms with E-state index in [-0.39, 0.29) is 12.2 Å². The number of benzene rings is 1. The molecule has 0 bridgehead atoms. The van der Waals surface area contributed by atoms with Crippen LogP contribution in [0.25, 0.3) is 0 Å². The first kappa shape index (κ1) is 19.4. The first-order chi connectivity index (χ1) is 11.8. The smallest absolute Gasteiger partial charge is 0.326 e. The van der Waals surface area contributed by atoms with Crippen molar-refractivity contribution in [2.75, 3.05) is 6.54 Å². The van der Waals surface area contributed by atoms with Crippen molar-refractivity contribution in [3.8, 4) is 0 Å². The fourth-order valence-corrected chi connectivity index (χ4v) is 2.90. The van der Waals surface area contributed by atoms with Crippen molar-refractivity contribution in [2.45, 2.75) is 45.3 Å². The Bertz CT molecular complexity index is 697. The van der Waals surface area contributed by atoms with Crippen LogP contribution in [0.5, 0.6) is 0 Å². The van der Waals surface area contributed by atoms with Crippen LogP contribution >= 0.6 is 15.9 Å². The highest BCUT2D eigenvalue weighted by molar-refractivity contribution is 9.10. The molecule has 1 aliphatic heterocycles. The van der Waals surface area contributed by atoms with Gasteiger partial charge in [-0.15, -0.1) is 0 Å². The summed E-state index contributed by atoms with van der Waals surface area (Å²) in [7, 11) is 0. The Morgan fingerprint density at radius 3 is 2.76 bits per heavy atom. The lowest BCUT2D eigenvalue weighted by atomic mass is 9.95. The maximum atomic E-state index is 13.7. The molecule has 1 aromatic carbocycles. The summed E-state index contributed by atoms with van der Waals surface area (Å²) in [4.78, 5) is 37.2. The van der Waals surface area contributed by atoms with Gasteiger partial charge >= 0.3 is 12.0 Å². The zero-order valence-electron chi connectivity index (χ0n) is 14.1. The summed E-state index contributed by atoms with van der Waals surface area (Å²) in [6.07, 6.45) is 2.17. The van der Waals surface area contributed by atoms with Gasteiger partial charge in [-0.1, -0.05) is 41.8 Å². The highest BCUT2D eigenvalue weighted by atomic mass is 79.9. The van der Waals surface area contributed by atoms with Gasteiger partial charge in [-0.25, -0.2) is 9.18 Å². The van der Waals surface area contributed by atoms with Gasteiger partial charge < -0.3 is 10.1 Å². The van der Waals surface area contributed by atoms with Gasteiger partial charge in [-0.3, -0.25) is 14.5 Å². The number of imide groups is 1. The van der Waals surface area contributed by atoms with Gasteiger partial charge in [0.2, 0.25) is 0 Å². The summed E-state index contributed by atoms with van der Waals surface area (Å²) in [5.41, 5.74) is -0.785. The first-order valence-electron chi connectivity index (χ1n) is 8.00. The molecule has 0 saturated carbocycles. The van der Waals surface area contributed by atoms with Crippen LogP contribution in [0.4, 0.5) is 9.18 Å². The lowest BCUT2D eigenvalue weighted by molar-refractivity contribution is -0.148. The van der Waals surface area contributed by atoms with Gasteiger partial charge in [0.15, 0.2) is 0 Å². The van der Waals surface area contributed by atoms with E-state index in [4.69, 9.17) is 4.74 Å². The highest BCUT2D eigenvalue weighted by Crippen LogP contribution is 2.23. The van der Waals surface area contributed by atoms with Crippen molar-refractivity contribution in [1.29, 1.82) is 0 Å². The highest BCUT2D eigenvalue weighted by Gasteiger charge is 2.47. The number of esters is 1. The largest absolute Gasteiger partial charge is 0.459 e. The number of halogens is 2. The molecule has 0 spiro atoms. The molecule has 0 radical (unpaired) electrons. The van der Waals surface area contributed by atoms with E-state index in [0.717, 1.165) is 17.7 Å². The summed E-state index contributed by atoms with van der Waals surface area (Å²) in [6, 6.07) is 3.76. The van der Waals surface area contributed by atoms with Crippen molar-refractivity contribution in [2.24, 2.45) is 0 Å². The summed E-state index contributed by atoms with van der Waals surface area (Å²) in [5.74, 6) is -1.73. The van der Waals surface area contributed by atoms with E-state index < -0.39 is 35.8 Å². The lowest BCUT2D eigenvalue weighted by Crippen LogP contribution is -2.44. The molecule has 136 valence electrons. The Hall–Kier alpha value is -1.96. The van der Waals surface area contributed by atoms with Crippen LogP contribution in [-0.4, -0.2) is 34.9 Å². The monoisotopic (exact) mass is 414 g/mol. The van der Waals surface area contributed by atoms with Crippen molar-refractivity contribution in [1.82, 2.24) is 10.2 Å². The number of nitrogens with zero attached hydrogens (tertiary/aromatic N) is 1. The number of nitrogens with one attached hydrogen (secondary N) is 1. The molecule has 3 amide bonds. The fraction of sp³-hybridized carbons (Fsp3) is 0.471. The van der Waals surface area contributed by atoms with Crippen LogP contribution in [0.3, 0.4) is 0 Å². The van der Waals surface area contributed by atoms with Crippen LogP contribution in [-0.2, 0) is 20.9 Å². The van der Waals surface area contributed by atoms with Crippen molar-refractivity contribution < 1.29 is 23.5 Å². The molecule has 1 heterocycles. The van der Waals surface area contributed by atoms with Crippen LogP contribution in [0.1, 0.15) is 38.7 Å². The molecule has 1 saturated heterocycles. The van der Waals surface area contributed by atoms with E-state index in [9.17, 15) is 18.8 Å². The van der Waals surface area contributed by atoms with Gasteiger partial charge in [0.05, 0.1) is 0 Å². The maximum absolute atomic E-state index is 13.7. The molecule has 0 aromatic heterocycles. The minimum Gasteiger partial charge on any atom is -0.459 e. The van der Waals surface area contributed by atoms with Gasteiger partial charge in [-0.05, 0) is 25.5 Å². The fourth-order valence-electron chi connectivity index (χ4n) is 2.56. The van der Waals surface area contributed by atoms with E-state index in [2.05, 4.69) is 21.2 Å². The molecule has 0 unspecified atom stereocenters. The van der Waals surface area contributed by atoms with Crippen molar-refractivity contribution in [3.63, 3.8) is 0 Å². The summed E-state index contributed by atoms with van der Waals surface area (Å²) < 4.78 is 19.3. The third-order valence-corrected chi connectivity index (χ3v) is 4.56. The Labute approximate surface area is 153 Å². The van der Waals surface area contributed by atoms with Gasteiger partial charge in [-0.2, -0.15) is 0 Å². The number of carbonyl (C=O) groups excluding carboxylic acids is 3. The van der Waals surface area contributed by atoms with Gasteiger partial charge in [0, 0.05) is 10.0 Å². The third-order valence-electron chi connectivity index (χ3n) is 4.07. The Morgan fingerprint density at radius 1 is 1.40 bits per heavy atom. The number of amides is 3. The van der Waals surface area contributed by atoms with Crippen molar-refractivity contribution >= 4 is 33.8 Å². The number of ether oxygens (including phenoxy) is 1. The standard InChI is InChI=1S/C17H20BrFN2O4/c1-3-4-7-17(2)15(23)21(16(24)20-17)9-14(22)25-10-11-5-6-12(18)8-13(11)19/h5-6,8H,3-4,7,9-10H2,1-2H3,(H,20,24)/t17-/m1/s1. The minimum absolute atomic E-state index is 0.210. The average molecular weight is 415 g/mol. The Morgan fingerprint density at radius 2 is 2.12 bits per heavy atom. The molecule has 2 rings (SSSR count). The molecule has 0 aliphatic carbocycles. The summed E-state index contributed by atoms with van der Waals surface area (Å²) in [6.45, 7) is 2.87. The molecule has 1 N–H and O–H groups in total. The molecule has 1 aliphatic rings. The Balaban J connectivity index is 1.93.